The summed E-state index contributed by atoms with van der Waals surface area (Å²) in [7, 11) is 4.16. The summed E-state index contributed by atoms with van der Waals surface area (Å²) in [5, 5.41) is 14.8. The SMILES string of the molecule is COC(=O)[C@H]1O[C@@H](Oc2ccccc2COC(=O)N(C)CCN(C)C(=O)n2ccc3c(-c4cnn(C(CC#N)C5CCCC5)c4)ncnc32)[C@H](OC(C)=O)[C@@H](OC(C)=O)[C@@H]1OC(C)=O. The van der Waals surface area contributed by atoms with E-state index >= 15 is 0 Å². The molecule has 4 heterocycles. The molecule has 1 saturated carbocycles. The summed E-state index contributed by atoms with van der Waals surface area (Å²) in [6.45, 7) is 3.10. The quantitative estimate of drug-likeness (QED) is 0.120. The number of fused-ring (bicyclic) bond motifs is 1. The van der Waals surface area contributed by atoms with Crippen molar-refractivity contribution < 1.29 is 61.9 Å². The molecule has 0 bridgehead atoms. The summed E-state index contributed by atoms with van der Waals surface area (Å²) in [6, 6.07) is 9.98. The lowest BCUT2D eigenvalue weighted by Gasteiger charge is -2.43. The number of benzene rings is 1. The van der Waals surface area contributed by atoms with Crippen molar-refractivity contribution in [3.63, 3.8) is 0 Å². The van der Waals surface area contributed by atoms with Crippen LogP contribution in [0.25, 0.3) is 22.3 Å². The number of hydrogen-bond donors (Lipinski definition) is 0. The van der Waals surface area contributed by atoms with E-state index in [4.69, 9.17) is 33.2 Å². The predicted molar refractivity (Wildman–Crippen MR) is 221 cm³/mol. The van der Waals surface area contributed by atoms with Gasteiger partial charge in [0.15, 0.2) is 24.0 Å². The van der Waals surface area contributed by atoms with Crippen LogP contribution in [0.1, 0.15) is 64.5 Å². The van der Waals surface area contributed by atoms with Gasteiger partial charge in [0.1, 0.15) is 18.7 Å². The maximum atomic E-state index is 13.7. The Labute approximate surface area is 368 Å². The number of aromatic nitrogens is 5. The molecule has 0 spiro atoms. The highest BCUT2D eigenvalue weighted by molar-refractivity contribution is 5.96. The Morgan fingerprint density at radius 3 is 2.27 bits per heavy atom. The zero-order valence-corrected chi connectivity index (χ0v) is 36.3. The maximum Gasteiger partial charge on any atom is 0.409 e. The first-order valence-corrected chi connectivity index (χ1v) is 20.6. The number of carbonyl (C=O) groups is 6. The zero-order valence-electron chi connectivity index (χ0n) is 36.3. The lowest BCUT2D eigenvalue weighted by atomic mass is 9.96. The van der Waals surface area contributed by atoms with E-state index < -0.39 is 66.7 Å². The molecule has 0 N–H and O–H groups in total. The topological polar surface area (TPSA) is 246 Å². The number of methoxy groups -OCH3 is 1. The Morgan fingerprint density at radius 2 is 1.58 bits per heavy atom. The minimum atomic E-state index is -1.67. The Morgan fingerprint density at radius 1 is 0.906 bits per heavy atom. The molecular weight excluding hydrogens is 837 g/mol. The van der Waals surface area contributed by atoms with Gasteiger partial charge < -0.3 is 43.0 Å². The van der Waals surface area contributed by atoms with Crippen LogP contribution >= 0.6 is 0 Å². The molecule has 6 rings (SSSR count). The van der Waals surface area contributed by atoms with Crippen LogP contribution in [0.2, 0.25) is 0 Å². The van der Waals surface area contributed by atoms with E-state index in [1.54, 1.807) is 43.7 Å². The van der Waals surface area contributed by atoms with E-state index in [1.165, 1.54) is 33.8 Å². The van der Waals surface area contributed by atoms with Crippen LogP contribution in [-0.4, -0.2) is 135 Å². The Kier molecular flexibility index (Phi) is 15.1. The average molecular weight is 887 g/mol. The first kappa shape index (κ1) is 46.4. The molecule has 1 aliphatic heterocycles. The molecule has 4 aromatic rings. The fourth-order valence-corrected chi connectivity index (χ4v) is 7.85. The Balaban J connectivity index is 1.09. The summed E-state index contributed by atoms with van der Waals surface area (Å²) in [6.07, 6.45) is 2.64. The van der Waals surface area contributed by atoms with E-state index in [1.807, 2.05) is 10.9 Å². The van der Waals surface area contributed by atoms with Crippen LogP contribution in [0.3, 0.4) is 0 Å². The third kappa shape index (κ3) is 10.7. The first-order valence-electron chi connectivity index (χ1n) is 20.6. The second kappa shape index (κ2) is 20.9. The van der Waals surface area contributed by atoms with Crippen LogP contribution in [0.5, 0.6) is 5.75 Å². The summed E-state index contributed by atoms with van der Waals surface area (Å²) in [4.78, 5) is 87.9. The van der Waals surface area contributed by atoms with Crippen molar-refractivity contribution in [3.8, 4) is 23.1 Å². The Hall–Kier alpha value is -7.08. The molecule has 6 atom stereocenters. The van der Waals surface area contributed by atoms with Gasteiger partial charge in [0, 0.05) is 76.9 Å². The molecule has 1 aliphatic carbocycles. The van der Waals surface area contributed by atoms with E-state index in [2.05, 4.69) is 21.1 Å². The van der Waals surface area contributed by atoms with Crippen LogP contribution in [0.15, 0.2) is 55.2 Å². The van der Waals surface area contributed by atoms with Gasteiger partial charge in [0.2, 0.25) is 12.4 Å². The second-order valence-electron chi connectivity index (χ2n) is 15.4. The van der Waals surface area contributed by atoms with Crippen LogP contribution in [0.4, 0.5) is 9.59 Å². The highest BCUT2D eigenvalue weighted by atomic mass is 16.7. The van der Waals surface area contributed by atoms with E-state index in [0.717, 1.165) is 59.1 Å². The van der Waals surface area contributed by atoms with Crippen molar-refractivity contribution in [1.82, 2.24) is 34.1 Å². The largest absolute Gasteiger partial charge is 0.467 e. The van der Waals surface area contributed by atoms with Crippen molar-refractivity contribution in [2.75, 3.05) is 34.3 Å². The number of ether oxygens (including phenoxy) is 7. The number of likely N-dealkylation sites (N-methyl/N-ethyl adjacent to an activating group) is 2. The summed E-state index contributed by atoms with van der Waals surface area (Å²) in [5.41, 5.74) is 2.05. The standard InChI is InChI=1S/C43H50N8O13/c1-25(52)60-35-36(61-26(2)53)38(62-27(3)54)41(64-37(35)40(55)58-6)63-33-14-10-9-13-29(33)23-59-43(57)49(5)20-19-48(4)42(56)50-18-16-31-34(45-24-46-39(31)50)30-21-47-51(22-30)32(15-17-44)28-11-7-8-12-28/h9-10,13-14,16,18,21-22,24,28,32,35-38,41H,7-8,11-12,15,19-20,23H2,1-6H3/t32?,35-,36-,37-,38+,41+/m0/s1. The molecular formula is C43H50N8O13. The second-order valence-corrected chi connectivity index (χ2v) is 15.4. The van der Waals surface area contributed by atoms with Crippen LogP contribution in [-0.2, 0) is 54.2 Å². The zero-order chi connectivity index (χ0) is 46.1. The first-order chi connectivity index (χ1) is 30.7. The van der Waals surface area contributed by atoms with Gasteiger partial charge in [-0.2, -0.15) is 10.4 Å². The molecule has 1 unspecified atom stereocenters. The van der Waals surface area contributed by atoms with Crippen molar-refractivity contribution >= 4 is 47.0 Å². The average Bonchev–Trinajstić information content (AvgIpc) is 4.07. The molecule has 2 aliphatic rings. The molecule has 1 aromatic carbocycles. The number of carbonyl (C=O) groups excluding carboxylic acids is 6. The van der Waals surface area contributed by atoms with E-state index in [-0.39, 0.29) is 31.5 Å². The lowest BCUT2D eigenvalue weighted by Crippen LogP contribution is -2.64. The number of esters is 4. The smallest absolute Gasteiger partial charge is 0.409 e. The Bertz CT molecular complexity index is 2390. The van der Waals surface area contributed by atoms with Gasteiger partial charge >= 0.3 is 36.0 Å². The van der Waals surface area contributed by atoms with Crippen LogP contribution < -0.4 is 4.74 Å². The van der Waals surface area contributed by atoms with Crippen molar-refractivity contribution in [1.29, 1.82) is 5.26 Å². The number of nitriles is 1. The fraction of sp³-hybridized carbons (Fsp3) is 0.488. The normalized spacial score (nSPS) is 20.0. The molecule has 2 amide bonds. The molecule has 0 radical (unpaired) electrons. The van der Waals surface area contributed by atoms with Gasteiger partial charge in [-0.05, 0) is 30.9 Å². The van der Waals surface area contributed by atoms with Gasteiger partial charge in [0.25, 0.3) is 0 Å². The molecule has 21 heteroatoms. The van der Waals surface area contributed by atoms with Gasteiger partial charge in [-0.3, -0.25) is 23.6 Å². The minimum absolute atomic E-state index is 0.0261. The fourth-order valence-electron chi connectivity index (χ4n) is 7.85. The molecule has 1 saturated heterocycles. The highest BCUT2D eigenvalue weighted by Crippen LogP contribution is 2.37. The summed E-state index contributed by atoms with van der Waals surface area (Å²) < 4.78 is 41.8. The number of para-hydroxylation sites is 1. The molecule has 64 heavy (non-hydrogen) atoms. The van der Waals surface area contributed by atoms with E-state index in [9.17, 15) is 34.0 Å². The summed E-state index contributed by atoms with van der Waals surface area (Å²) in [5.74, 6) is -3.07. The van der Waals surface area contributed by atoms with Crippen molar-refractivity contribution in [2.45, 2.75) is 96.2 Å². The lowest BCUT2D eigenvalue weighted by molar-refractivity contribution is -0.282. The number of amides is 2. The minimum Gasteiger partial charge on any atom is -0.467 e. The third-order valence-electron chi connectivity index (χ3n) is 11.0. The van der Waals surface area contributed by atoms with Gasteiger partial charge in [0.05, 0.1) is 37.5 Å². The van der Waals surface area contributed by atoms with Crippen molar-refractivity contribution in [2.24, 2.45) is 5.92 Å². The number of hydrogen-bond acceptors (Lipinski definition) is 17. The van der Waals surface area contributed by atoms with Gasteiger partial charge in [-0.1, -0.05) is 31.0 Å². The van der Waals surface area contributed by atoms with E-state index in [0.29, 0.717) is 34.6 Å². The maximum absolute atomic E-state index is 13.7. The molecule has 21 nitrogen and oxygen atoms in total. The van der Waals surface area contributed by atoms with Gasteiger partial charge in [-0.25, -0.2) is 24.4 Å². The third-order valence-corrected chi connectivity index (χ3v) is 11.0. The van der Waals surface area contributed by atoms with Crippen LogP contribution in [0, 0.1) is 17.2 Å². The molecule has 2 fully saturated rings. The molecule has 3 aromatic heterocycles. The van der Waals surface area contributed by atoms with Gasteiger partial charge in [-0.15, -0.1) is 0 Å². The monoisotopic (exact) mass is 886 g/mol. The summed E-state index contributed by atoms with van der Waals surface area (Å²) >= 11 is 0. The van der Waals surface area contributed by atoms with Crippen molar-refractivity contribution in [3.05, 3.63) is 60.8 Å². The predicted octanol–water partition coefficient (Wildman–Crippen LogP) is 4.18. The highest BCUT2D eigenvalue weighted by Gasteiger charge is 2.56. The number of rotatable bonds is 15. The molecule has 340 valence electrons. The number of nitrogens with zero attached hydrogens (tertiary/aromatic N) is 8.